The van der Waals surface area contributed by atoms with Crippen molar-refractivity contribution in [2.45, 2.75) is 17.3 Å². The van der Waals surface area contributed by atoms with Crippen LogP contribution >= 0.6 is 11.8 Å². The zero-order valence-electron chi connectivity index (χ0n) is 15.6. The highest BCUT2D eigenvalue weighted by Crippen LogP contribution is 2.34. The fourth-order valence-electron chi connectivity index (χ4n) is 3.01. The Morgan fingerprint density at radius 1 is 1.03 bits per heavy atom. The number of aromatic nitrogens is 3. The third kappa shape index (κ3) is 3.77. The van der Waals surface area contributed by atoms with Gasteiger partial charge in [-0.05, 0) is 36.2 Å². The first-order valence-corrected chi connectivity index (χ1v) is 9.88. The van der Waals surface area contributed by atoms with Crippen molar-refractivity contribution in [2.75, 3.05) is 0 Å². The Hall–Kier alpha value is -3.45. The maximum Gasteiger partial charge on any atom is 0.267 e. The highest BCUT2D eigenvalue weighted by Gasteiger charge is 2.24. The molecule has 0 saturated heterocycles. The summed E-state index contributed by atoms with van der Waals surface area (Å²) in [5.74, 6) is -0.0651. The van der Waals surface area contributed by atoms with E-state index in [1.165, 1.54) is 4.57 Å². The van der Waals surface area contributed by atoms with Crippen molar-refractivity contribution in [2.24, 2.45) is 5.73 Å². The third-order valence-corrected chi connectivity index (χ3v) is 5.68. The molecule has 7 heteroatoms. The number of rotatable bonds is 5. The van der Waals surface area contributed by atoms with Crippen molar-refractivity contribution in [3.63, 3.8) is 0 Å². The summed E-state index contributed by atoms with van der Waals surface area (Å²) >= 11 is 1.14. The second-order valence-electron chi connectivity index (χ2n) is 6.56. The van der Waals surface area contributed by atoms with Crippen LogP contribution in [-0.2, 0) is 4.79 Å². The molecule has 0 bridgehead atoms. The Balaban J connectivity index is 1.92. The second kappa shape index (κ2) is 7.89. The summed E-state index contributed by atoms with van der Waals surface area (Å²) in [6.07, 6.45) is 1.69. The summed E-state index contributed by atoms with van der Waals surface area (Å²) in [6, 6.07) is 20.0. The number of hydrogen-bond donors (Lipinski definition) is 1. The molecule has 2 aromatic heterocycles. The summed E-state index contributed by atoms with van der Waals surface area (Å²) in [6.45, 7) is 1.92. The van der Waals surface area contributed by atoms with Crippen molar-refractivity contribution in [3.05, 3.63) is 94.4 Å². The van der Waals surface area contributed by atoms with E-state index in [-0.39, 0.29) is 5.56 Å². The van der Waals surface area contributed by atoms with Gasteiger partial charge in [0.15, 0.2) is 5.16 Å². The van der Waals surface area contributed by atoms with Crippen LogP contribution < -0.4 is 11.3 Å². The number of nitrogens with zero attached hydrogens (tertiary/aromatic N) is 3. The fraction of sp³-hybridized carbons (Fsp3) is 0.0909. The van der Waals surface area contributed by atoms with Crippen molar-refractivity contribution < 1.29 is 4.79 Å². The zero-order chi connectivity index (χ0) is 20.4. The molecule has 4 aromatic rings. The Kier molecular flexibility index (Phi) is 5.14. The van der Waals surface area contributed by atoms with Gasteiger partial charge in [-0.3, -0.25) is 9.59 Å². The van der Waals surface area contributed by atoms with Gasteiger partial charge in [-0.25, -0.2) is 14.5 Å². The molecule has 6 nitrogen and oxygen atoms in total. The van der Waals surface area contributed by atoms with Crippen LogP contribution in [0.4, 0.5) is 0 Å². The normalized spacial score (nSPS) is 12.0. The van der Waals surface area contributed by atoms with Crippen molar-refractivity contribution in [1.29, 1.82) is 0 Å². The SMILES string of the molecule is Cc1ccc(-n2c(SC(C(N)=O)c3ccccc3)nc3ccccc3c2=O)nc1. The van der Waals surface area contributed by atoms with E-state index in [4.69, 9.17) is 5.73 Å². The molecule has 1 unspecified atom stereocenters. The average molecular weight is 402 g/mol. The Morgan fingerprint density at radius 3 is 2.45 bits per heavy atom. The minimum absolute atomic E-state index is 0.245. The molecule has 0 radical (unpaired) electrons. The molecule has 2 aromatic carbocycles. The molecule has 1 amide bonds. The molecule has 29 heavy (non-hydrogen) atoms. The maximum atomic E-state index is 13.3. The number of fused-ring (bicyclic) bond motifs is 1. The topological polar surface area (TPSA) is 90.9 Å². The molecule has 4 rings (SSSR count). The van der Waals surface area contributed by atoms with Gasteiger partial charge in [0.1, 0.15) is 11.1 Å². The number of carbonyl (C=O) groups excluding carboxylic acids is 1. The van der Waals surface area contributed by atoms with Gasteiger partial charge in [0.05, 0.1) is 10.9 Å². The van der Waals surface area contributed by atoms with Gasteiger partial charge >= 0.3 is 0 Å². The van der Waals surface area contributed by atoms with E-state index in [2.05, 4.69) is 9.97 Å². The van der Waals surface area contributed by atoms with E-state index in [1.54, 1.807) is 30.5 Å². The predicted octanol–water partition coefficient (Wildman–Crippen LogP) is 3.41. The standard InChI is InChI=1S/C22H18N4O2S/c1-14-11-12-18(24-13-14)26-21(28)16-9-5-6-10-17(16)25-22(26)29-19(20(23)27)15-7-3-2-4-8-15/h2-13,19H,1H3,(H2,23,27). The van der Waals surface area contributed by atoms with E-state index < -0.39 is 11.2 Å². The zero-order valence-corrected chi connectivity index (χ0v) is 16.5. The van der Waals surface area contributed by atoms with Crippen LogP contribution in [0.2, 0.25) is 0 Å². The lowest BCUT2D eigenvalue weighted by molar-refractivity contribution is -0.117. The second-order valence-corrected chi connectivity index (χ2v) is 7.63. The van der Waals surface area contributed by atoms with Gasteiger partial charge in [0.25, 0.3) is 5.56 Å². The van der Waals surface area contributed by atoms with Crippen molar-refractivity contribution in [3.8, 4) is 5.82 Å². The molecular formula is C22H18N4O2S. The minimum atomic E-state index is -0.694. The number of carbonyl (C=O) groups is 1. The summed E-state index contributed by atoms with van der Waals surface area (Å²) in [4.78, 5) is 34.5. The van der Waals surface area contributed by atoms with Gasteiger partial charge in [-0.1, -0.05) is 60.3 Å². The van der Waals surface area contributed by atoms with Gasteiger partial charge in [-0.2, -0.15) is 0 Å². The van der Waals surface area contributed by atoms with Crippen molar-refractivity contribution >= 4 is 28.6 Å². The number of amides is 1. The fourth-order valence-corrected chi connectivity index (χ4v) is 4.06. The van der Waals surface area contributed by atoms with Crippen LogP contribution in [0.3, 0.4) is 0 Å². The summed E-state index contributed by atoms with van der Waals surface area (Å²) in [7, 11) is 0. The monoisotopic (exact) mass is 402 g/mol. The number of pyridine rings is 1. The number of para-hydroxylation sites is 1. The average Bonchev–Trinajstić information content (AvgIpc) is 2.73. The molecule has 0 saturated carbocycles. The smallest absolute Gasteiger partial charge is 0.267 e. The van der Waals surface area contributed by atoms with Crippen LogP contribution in [0.1, 0.15) is 16.4 Å². The van der Waals surface area contributed by atoms with E-state index in [9.17, 15) is 9.59 Å². The molecule has 144 valence electrons. The molecule has 2 N–H and O–H groups in total. The first kappa shape index (κ1) is 18.9. The Labute approximate surface area is 171 Å². The van der Waals surface area contributed by atoms with Gasteiger partial charge in [-0.15, -0.1) is 0 Å². The molecule has 0 aliphatic rings. The van der Waals surface area contributed by atoms with Gasteiger partial charge in [0.2, 0.25) is 5.91 Å². The molecule has 0 fully saturated rings. The molecule has 0 aliphatic carbocycles. The predicted molar refractivity (Wildman–Crippen MR) is 114 cm³/mol. The number of primary amides is 1. The molecular weight excluding hydrogens is 384 g/mol. The highest BCUT2D eigenvalue weighted by atomic mass is 32.2. The summed E-state index contributed by atoms with van der Waals surface area (Å²) in [5.41, 5.74) is 7.72. The highest BCUT2D eigenvalue weighted by molar-refractivity contribution is 8.00. The quantitative estimate of drug-likeness (QED) is 0.408. The summed E-state index contributed by atoms with van der Waals surface area (Å²) in [5, 5.41) is 0.147. The number of hydrogen-bond acceptors (Lipinski definition) is 5. The van der Waals surface area contributed by atoms with Gasteiger partial charge < -0.3 is 5.73 Å². The number of benzene rings is 2. The summed E-state index contributed by atoms with van der Waals surface area (Å²) < 4.78 is 1.44. The lowest BCUT2D eigenvalue weighted by Gasteiger charge is -2.17. The largest absolute Gasteiger partial charge is 0.368 e. The van der Waals surface area contributed by atoms with Crippen LogP contribution in [0.25, 0.3) is 16.7 Å². The van der Waals surface area contributed by atoms with Crippen LogP contribution in [0.15, 0.2) is 82.9 Å². The van der Waals surface area contributed by atoms with E-state index in [1.807, 2.05) is 49.4 Å². The van der Waals surface area contributed by atoms with Gasteiger partial charge in [0, 0.05) is 6.20 Å². The number of nitrogens with two attached hydrogens (primary N) is 1. The first-order chi connectivity index (χ1) is 14.0. The Morgan fingerprint density at radius 2 is 1.76 bits per heavy atom. The lowest BCUT2D eigenvalue weighted by atomic mass is 10.1. The molecule has 2 heterocycles. The van der Waals surface area contributed by atoms with Crippen LogP contribution in [-0.4, -0.2) is 20.4 Å². The molecule has 1 atom stereocenters. The number of thioether (sulfide) groups is 1. The molecule has 0 spiro atoms. The van der Waals surface area contributed by atoms with Crippen LogP contribution in [0, 0.1) is 6.92 Å². The lowest BCUT2D eigenvalue weighted by Crippen LogP contribution is -2.25. The minimum Gasteiger partial charge on any atom is -0.368 e. The molecule has 0 aliphatic heterocycles. The maximum absolute atomic E-state index is 13.3. The number of aryl methyl sites for hydroxylation is 1. The van der Waals surface area contributed by atoms with Crippen molar-refractivity contribution in [1.82, 2.24) is 14.5 Å². The third-order valence-electron chi connectivity index (χ3n) is 4.45. The first-order valence-electron chi connectivity index (χ1n) is 9.00. The van der Waals surface area contributed by atoms with E-state index in [0.717, 1.165) is 22.9 Å². The Bertz CT molecular complexity index is 1240. The van der Waals surface area contributed by atoms with E-state index >= 15 is 0 Å². The van der Waals surface area contributed by atoms with E-state index in [0.29, 0.717) is 21.9 Å². The van der Waals surface area contributed by atoms with Crippen LogP contribution in [0.5, 0.6) is 0 Å².